The Labute approximate surface area is 191 Å². The van der Waals surface area contributed by atoms with Crippen molar-refractivity contribution in [1.29, 1.82) is 0 Å². The molecule has 2 aromatic heterocycles. The van der Waals surface area contributed by atoms with E-state index in [-0.39, 0.29) is 5.78 Å². The third-order valence-corrected chi connectivity index (χ3v) is 7.14. The minimum Gasteiger partial charge on any atom is -0.456 e. The van der Waals surface area contributed by atoms with Crippen LogP contribution >= 0.6 is 11.6 Å². The molecule has 1 aliphatic carbocycles. The van der Waals surface area contributed by atoms with Crippen LogP contribution in [0.5, 0.6) is 0 Å². The Kier molecular flexibility index (Phi) is 3.09. The molecule has 3 nitrogen and oxygen atoms in total. The molecule has 4 heteroatoms. The van der Waals surface area contributed by atoms with Gasteiger partial charge in [0.2, 0.25) is 0 Å². The van der Waals surface area contributed by atoms with Gasteiger partial charge in [-0.2, -0.15) is 0 Å². The number of fused-ring (bicyclic) bond motifs is 12. The van der Waals surface area contributed by atoms with Gasteiger partial charge in [-0.25, -0.2) is 0 Å². The fourth-order valence-electron chi connectivity index (χ4n) is 5.43. The summed E-state index contributed by atoms with van der Waals surface area (Å²) in [5, 5.41) is 6.43. The summed E-state index contributed by atoms with van der Waals surface area (Å²) >= 11 is 6.78. The number of carbonyl (C=O) groups excluding carboxylic acids is 1. The quantitative estimate of drug-likeness (QED) is 0.235. The molecule has 0 saturated carbocycles. The van der Waals surface area contributed by atoms with E-state index in [0.29, 0.717) is 21.7 Å². The van der Waals surface area contributed by atoms with Crippen molar-refractivity contribution < 1.29 is 13.6 Å². The highest BCUT2D eigenvalue weighted by Crippen LogP contribution is 2.51. The lowest BCUT2D eigenvalue weighted by Gasteiger charge is -2.04. The van der Waals surface area contributed by atoms with Crippen LogP contribution in [0, 0.1) is 0 Å². The van der Waals surface area contributed by atoms with Crippen molar-refractivity contribution in [2.45, 2.75) is 0 Å². The number of hydrogen-bond acceptors (Lipinski definition) is 3. The average Bonchev–Trinajstić information content (AvgIpc) is 3.47. The summed E-state index contributed by atoms with van der Waals surface area (Å²) < 4.78 is 12.6. The Hall–Kier alpha value is -4.08. The Bertz CT molecular complexity index is 2010. The molecule has 154 valence electrons. The summed E-state index contributed by atoms with van der Waals surface area (Å²) in [7, 11) is 0. The van der Waals surface area contributed by atoms with E-state index in [9.17, 15) is 4.79 Å². The molecule has 1 aliphatic rings. The molecular formula is C29H13ClO3. The van der Waals surface area contributed by atoms with Gasteiger partial charge in [-0.15, -0.1) is 0 Å². The molecule has 7 aromatic rings. The van der Waals surface area contributed by atoms with Crippen LogP contribution in [0.15, 0.2) is 87.7 Å². The lowest BCUT2D eigenvalue weighted by Crippen LogP contribution is -1.94. The van der Waals surface area contributed by atoms with Gasteiger partial charge < -0.3 is 8.83 Å². The molecule has 0 fully saturated rings. The van der Waals surface area contributed by atoms with Gasteiger partial charge in [0.1, 0.15) is 22.3 Å². The summed E-state index contributed by atoms with van der Waals surface area (Å²) in [6.45, 7) is 0. The van der Waals surface area contributed by atoms with Crippen LogP contribution in [0.1, 0.15) is 15.9 Å². The molecule has 8 rings (SSSR count). The van der Waals surface area contributed by atoms with Gasteiger partial charge in [0.05, 0.1) is 5.02 Å². The first-order valence-corrected chi connectivity index (χ1v) is 11.1. The van der Waals surface area contributed by atoms with Crippen LogP contribution < -0.4 is 0 Å². The molecule has 0 radical (unpaired) electrons. The van der Waals surface area contributed by atoms with E-state index in [1.807, 2.05) is 54.6 Å². The van der Waals surface area contributed by atoms with E-state index in [2.05, 4.69) is 18.2 Å². The largest absolute Gasteiger partial charge is 0.456 e. The minimum atomic E-state index is -0.0402. The van der Waals surface area contributed by atoms with Crippen LogP contribution in [-0.2, 0) is 0 Å². The van der Waals surface area contributed by atoms with Crippen LogP contribution in [0.2, 0.25) is 5.02 Å². The van der Waals surface area contributed by atoms with Crippen molar-refractivity contribution in [2.75, 3.05) is 0 Å². The Balaban J connectivity index is 1.60. The number of rotatable bonds is 0. The van der Waals surface area contributed by atoms with E-state index < -0.39 is 0 Å². The molecule has 0 N–H and O–H groups in total. The molecule has 0 bridgehead atoms. The fraction of sp³-hybridized carbons (Fsp3) is 0. The second kappa shape index (κ2) is 5.83. The maximum Gasteiger partial charge on any atom is 0.194 e. The first kappa shape index (κ1) is 17.5. The smallest absolute Gasteiger partial charge is 0.194 e. The highest BCUT2D eigenvalue weighted by atomic mass is 35.5. The van der Waals surface area contributed by atoms with E-state index in [4.69, 9.17) is 20.4 Å². The Morgan fingerprint density at radius 3 is 2.27 bits per heavy atom. The Morgan fingerprint density at radius 2 is 1.39 bits per heavy atom. The summed E-state index contributed by atoms with van der Waals surface area (Å²) in [6.07, 6.45) is 0. The lowest BCUT2D eigenvalue weighted by atomic mass is 9.97. The van der Waals surface area contributed by atoms with E-state index in [1.165, 1.54) is 0 Å². The van der Waals surface area contributed by atoms with Crippen molar-refractivity contribution in [2.24, 2.45) is 0 Å². The van der Waals surface area contributed by atoms with Crippen LogP contribution in [0.25, 0.3) is 65.8 Å². The normalized spacial score (nSPS) is 13.1. The highest BCUT2D eigenvalue weighted by molar-refractivity contribution is 6.42. The standard InChI is InChI=1S/C29H13ClO3/c30-20-13-19-27(29-24(20)18-11-14-5-1-2-6-15(14)12-23(18)33-29)26-17(28(19)31)9-10-22-25(26)16-7-3-4-8-21(16)32-22/h1-13H. The zero-order valence-electron chi connectivity index (χ0n) is 17.1. The van der Waals surface area contributed by atoms with Crippen LogP contribution in [0.4, 0.5) is 0 Å². The molecule has 0 aliphatic heterocycles. The lowest BCUT2D eigenvalue weighted by molar-refractivity contribution is 0.104. The van der Waals surface area contributed by atoms with Gasteiger partial charge in [0.25, 0.3) is 0 Å². The molecule has 5 aromatic carbocycles. The SMILES string of the molecule is O=C1c2cc(Cl)c3c(oc4cc5ccccc5cc43)c2-c2c1ccc1oc3ccccc3c21. The van der Waals surface area contributed by atoms with E-state index >= 15 is 0 Å². The van der Waals surface area contributed by atoms with Gasteiger partial charge in [0, 0.05) is 43.8 Å². The molecular weight excluding hydrogens is 432 g/mol. The number of halogens is 1. The van der Waals surface area contributed by atoms with Crippen molar-refractivity contribution in [1.82, 2.24) is 0 Å². The summed E-state index contributed by atoms with van der Waals surface area (Å²) in [6, 6.07) is 25.8. The van der Waals surface area contributed by atoms with Gasteiger partial charge in [0.15, 0.2) is 5.78 Å². The zero-order valence-corrected chi connectivity index (χ0v) is 17.9. The van der Waals surface area contributed by atoms with Crippen LogP contribution in [-0.4, -0.2) is 5.78 Å². The predicted molar refractivity (Wildman–Crippen MR) is 132 cm³/mol. The number of furan rings is 2. The molecule has 0 amide bonds. The minimum absolute atomic E-state index is 0.0402. The fourth-order valence-corrected chi connectivity index (χ4v) is 5.72. The summed E-state index contributed by atoms with van der Waals surface area (Å²) in [5.74, 6) is -0.0402. The van der Waals surface area contributed by atoms with Crippen LogP contribution in [0.3, 0.4) is 0 Å². The number of hydrogen-bond donors (Lipinski definition) is 0. The number of para-hydroxylation sites is 1. The second-order valence-electron chi connectivity index (χ2n) is 8.57. The van der Waals surface area contributed by atoms with Gasteiger partial charge in [-0.3, -0.25) is 4.79 Å². The number of carbonyl (C=O) groups is 1. The van der Waals surface area contributed by atoms with E-state index in [0.717, 1.165) is 60.2 Å². The third-order valence-electron chi connectivity index (χ3n) is 6.85. The maximum absolute atomic E-state index is 13.5. The number of benzene rings is 5. The molecule has 0 atom stereocenters. The Morgan fingerprint density at radius 1 is 0.606 bits per heavy atom. The van der Waals surface area contributed by atoms with E-state index in [1.54, 1.807) is 6.07 Å². The first-order valence-electron chi connectivity index (χ1n) is 10.8. The van der Waals surface area contributed by atoms with Gasteiger partial charge in [-0.1, -0.05) is 54.1 Å². The van der Waals surface area contributed by atoms with Gasteiger partial charge >= 0.3 is 0 Å². The molecule has 2 heterocycles. The summed E-state index contributed by atoms with van der Waals surface area (Å²) in [4.78, 5) is 13.5. The zero-order chi connectivity index (χ0) is 21.8. The predicted octanol–water partition coefficient (Wildman–Crippen LogP) is 8.50. The van der Waals surface area contributed by atoms with Crippen molar-refractivity contribution in [3.63, 3.8) is 0 Å². The maximum atomic E-state index is 13.5. The first-order chi connectivity index (χ1) is 16.2. The monoisotopic (exact) mass is 444 g/mol. The summed E-state index contributed by atoms with van der Waals surface area (Å²) in [5.41, 5.74) is 5.83. The number of ketones is 1. The van der Waals surface area contributed by atoms with Crippen molar-refractivity contribution in [3.8, 4) is 11.1 Å². The molecule has 0 saturated heterocycles. The average molecular weight is 445 g/mol. The van der Waals surface area contributed by atoms with Crippen molar-refractivity contribution in [3.05, 3.63) is 95.0 Å². The van der Waals surface area contributed by atoms with Crippen molar-refractivity contribution >= 4 is 72.0 Å². The molecule has 33 heavy (non-hydrogen) atoms. The molecule has 0 unspecified atom stereocenters. The van der Waals surface area contributed by atoms with Gasteiger partial charge in [-0.05, 0) is 47.2 Å². The molecule has 0 spiro atoms. The third kappa shape index (κ3) is 2.08. The second-order valence-corrected chi connectivity index (χ2v) is 8.98. The highest BCUT2D eigenvalue weighted by Gasteiger charge is 2.34. The topological polar surface area (TPSA) is 43.4 Å².